The Hall–Kier alpha value is -3.17. The van der Waals surface area contributed by atoms with Crippen LogP contribution in [0.25, 0.3) is 0 Å². The largest absolute Gasteiger partial charge is 0.492 e. The predicted octanol–water partition coefficient (Wildman–Crippen LogP) is 3.67. The van der Waals surface area contributed by atoms with Gasteiger partial charge in [0.25, 0.3) is 0 Å². The zero-order valence-corrected chi connectivity index (χ0v) is 14.0. The maximum atomic E-state index is 10.1. The highest BCUT2D eigenvalue weighted by Crippen LogP contribution is 2.34. The first-order valence-electron chi connectivity index (χ1n) is 7.50. The van der Waals surface area contributed by atoms with Crippen molar-refractivity contribution in [3.8, 4) is 17.7 Å². The predicted molar refractivity (Wildman–Crippen MR) is 102 cm³/mol. The van der Waals surface area contributed by atoms with Gasteiger partial charge in [-0.3, -0.25) is 0 Å². The van der Waals surface area contributed by atoms with Crippen molar-refractivity contribution in [2.75, 3.05) is 0 Å². The summed E-state index contributed by atoms with van der Waals surface area (Å²) in [4.78, 5) is 16.6. The molecule has 5 nitrogen and oxygen atoms in total. The minimum absolute atomic E-state index is 0.118. The van der Waals surface area contributed by atoms with Crippen LogP contribution < -0.4 is 0 Å². The smallest absolute Gasteiger partial charge is 0.243 e. The third-order valence-electron chi connectivity index (χ3n) is 3.19. The molecule has 0 saturated heterocycles. The first-order chi connectivity index (χ1) is 12.2. The number of aromatic hydroxyl groups is 1. The molecule has 0 saturated carbocycles. The monoisotopic (exact) mass is 346 g/mol. The highest BCUT2D eigenvalue weighted by atomic mass is 32.1. The highest BCUT2D eigenvalue weighted by molar-refractivity contribution is 7.80. The van der Waals surface area contributed by atoms with E-state index in [1.54, 1.807) is 18.5 Å². The van der Waals surface area contributed by atoms with Crippen molar-refractivity contribution in [2.45, 2.75) is 5.16 Å². The number of rotatable bonds is 4. The lowest BCUT2D eigenvalue weighted by Crippen LogP contribution is -1.94. The summed E-state index contributed by atoms with van der Waals surface area (Å²) in [6, 6.07) is 9.52. The Morgan fingerprint density at radius 3 is 2.80 bits per heavy atom. The number of allylic oxidation sites excluding steroid dienone is 4. The standard InChI is InChI=1S/C19H14N4OS/c24-18-16(20-12-14-10-6-3-7-11-14)17(22-19(25)23-18)21-13-15-8-4-1-2-5-9-15/h1-4,6-8,10-13,15H,(H2,22,23,24,25)/b20-12+,21-13+. The fourth-order valence-electron chi connectivity index (χ4n) is 2.02. The Morgan fingerprint density at radius 2 is 1.96 bits per heavy atom. The molecule has 0 amide bonds. The van der Waals surface area contributed by atoms with E-state index in [4.69, 9.17) is 0 Å². The summed E-state index contributed by atoms with van der Waals surface area (Å²) in [5.41, 5.74) is 1.07. The summed E-state index contributed by atoms with van der Waals surface area (Å²) in [5, 5.41) is 10.2. The maximum Gasteiger partial charge on any atom is 0.243 e. The molecule has 3 rings (SSSR count). The molecule has 6 heteroatoms. The lowest BCUT2D eigenvalue weighted by molar-refractivity contribution is 0.448. The molecule has 0 bridgehead atoms. The van der Waals surface area contributed by atoms with Crippen LogP contribution in [0.4, 0.5) is 11.5 Å². The minimum atomic E-state index is -0.275. The number of nitrogens with zero attached hydrogens (tertiary/aromatic N) is 4. The van der Waals surface area contributed by atoms with Gasteiger partial charge >= 0.3 is 0 Å². The van der Waals surface area contributed by atoms with E-state index in [-0.39, 0.29) is 28.5 Å². The van der Waals surface area contributed by atoms with Crippen molar-refractivity contribution in [1.29, 1.82) is 0 Å². The van der Waals surface area contributed by atoms with E-state index in [1.165, 1.54) is 0 Å². The van der Waals surface area contributed by atoms with Crippen molar-refractivity contribution in [3.63, 3.8) is 0 Å². The first-order valence-corrected chi connectivity index (χ1v) is 7.95. The van der Waals surface area contributed by atoms with E-state index in [9.17, 15) is 5.11 Å². The van der Waals surface area contributed by atoms with Crippen LogP contribution in [0.2, 0.25) is 0 Å². The molecule has 1 aromatic heterocycles. The van der Waals surface area contributed by atoms with Crippen molar-refractivity contribution in [1.82, 2.24) is 9.97 Å². The van der Waals surface area contributed by atoms with Gasteiger partial charge in [-0.05, 0) is 11.6 Å². The summed E-state index contributed by atoms with van der Waals surface area (Å²) in [7, 11) is 0. The second kappa shape index (κ2) is 8.08. The van der Waals surface area contributed by atoms with Crippen LogP contribution in [0.15, 0.2) is 69.8 Å². The average Bonchev–Trinajstić information content (AvgIpc) is 2.88. The third-order valence-corrected chi connectivity index (χ3v) is 3.39. The molecule has 2 aromatic rings. The Bertz CT molecular complexity index is 937. The Kier molecular flexibility index (Phi) is 5.39. The zero-order chi connectivity index (χ0) is 17.5. The number of benzene rings is 1. The summed E-state index contributed by atoms with van der Waals surface area (Å²) < 4.78 is 0. The van der Waals surface area contributed by atoms with Crippen LogP contribution in [0.5, 0.6) is 5.88 Å². The van der Waals surface area contributed by atoms with Crippen LogP contribution in [0, 0.1) is 17.8 Å². The maximum absolute atomic E-state index is 10.1. The summed E-state index contributed by atoms with van der Waals surface area (Å²) in [6.45, 7) is 0. The molecule has 25 heavy (non-hydrogen) atoms. The van der Waals surface area contributed by atoms with Crippen LogP contribution in [0.3, 0.4) is 0 Å². The second-order valence-corrected chi connectivity index (χ2v) is 5.42. The van der Waals surface area contributed by atoms with Crippen LogP contribution in [-0.4, -0.2) is 27.5 Å². The van der Waals surface area contributed by atoms with Crippen molar-refractivity contribution in [3.05, 3.63) is 60.2 Å². The van der Waals surface area contributed by atoms with E-state index in [0.29, 0.717) is 0 Å². The number of hydrogen-bond acceptors (Lipinski definition) is 6. The Labute approximate surface area is 151 Å². The summed E-state index contributed by atoms with van der Waals surface area (Å²) >= 11 is 4.09. The minimum Gasteiger partial charge on any atom is -0.492 e. The van der Waals surface area contributed by atoms with Gasteiger partial charge in [0.2, 0.25) is 5.88 Å². The van der Waals surface area contributed by atoms with Gasteiger partial charge in [0.1, 0.15) is 0 Å². The van der Waals surface area contributed by atoms with Gasteiger partial charge in [-0.15, -0.1) is 12.6 Å². The topological polar surface area (TPSA) is 70.7 Å². The fourth-order valence-corrected chi connectivity index (χ4v) is 2.21. The zero-order valence-electron chi connectivity index (χ0n) is 13.1. The van der Waals surface area contributed by atoms with Crippen molar-refractivity contribution < 1.29 is 5.11 Å². The quantitative estimate of drug-likeness (QED) is 0.384. The molecule has 1 atom stereocenters. The number of aliphatic imine (C=N–C) groups is 2. The lowest BCUT2D eigenvalue weighted by atomic mass is 10.1. The van der Waals surface area contributed by atoms with Crippen molar-refractivity contribution in [2.24, 2.45) is 15.9 Å². The summed E-state index contributed by atoms with van der Waals surface area (Å²) in [5.74, 6) is 5.74. The van der Waals surface area contributed by atoms with Gasteiger partial charge in [0, 0.05) is 12.4 Å². The third kappa shape index (κ3) is 4.66. The molecule has 1 aliphatic rings. The number of aromatic nitrogens is 2. The molecule has 122 valence electrons. The highest BCUT2D eigenvalue weighted by Gasteiger charge is 2.11. The van der Waals surface area contributed by atoms with Crippen LogP contribution in [0.1, 0.15) is 5.56 Å². The average molecular weight is 346 g/mol. The molecule has 0 aliphatic heterocycles. The molecule has 1 N–H and O–H groups in total. The van der Waals surface area contributed by atoms with Crippen LogP contribution in [-0.2, 0) is 0 Å². The van der Waals surface area contributed by atoms with Gasteiger partial charge in [0.15, 0.2) is 16.7 Å². The fraction of sp³-hybridized carbons (Fsp3) is 0.0526. The van der Waals surface area contributed by atoms with Crippen molar-refractivity contribution >= 4 is 36.6 Å². The Balaban J connectivity index is 1.92. The van der Waals surface area contributed by atoms with E-state index in [0.717, 1.165) is 5.56 Å². The lowest BCUT2D eigenvalue weighted by Gasteiger charge is -2.03. The van der Waals surface area contributed by atoms with Gasteiger partial charge < -0.3 is 5.11 Å². The SMILES string of the molecule is Oc1nc(S)nc(/N=C/C2C#CC=CC=C2)c1/N=C/c1ccccc1. The molecule has 0 spiro atoms. The number of thiol groups is 1. The van der Waals surface area contributed by atoms with Gasteiger partial charge in [-0.2, -0.15) is 4.98 Å². The second-order valence-electron chi connectivity index (χ2n) is 5.02. The van der Waals surface area contributed by atoms with E-state index in [1.807, 2.05) is 48.6 Å². The van der Waals surface area contributed by atoms with Gasteiger partial charge in [-0.1, -0.05) is 60.4 Å². The molecular formula is C19H14N4OS. The normalized spacial score (nSPS) is 16.1. The van der Waals surface area contributed by atoms with Gasteiger partial charge in [-0.25, -0.2) is 15.0 Å². The molecular weight excluding hydrogens is 332 g/mol. The molecule has 0 radical (unpaired) electrons. The molecule has 1 aromatic carbocycles. The van der Waals surface area contributed by atoms with Gasteiger partial charge in [0.05, 0.1) is 5.92 Å². The molecule has 0 fully saturated rings. The molecule has 1 unspecified atom stereocenters. The summed E-state index contributed by atoms with van der Waals surface area (Å²) in [6.07, 6.45) is 10.7. The molecule has 1 heterocycles. The van der Waals surface area contributed by atoms with E-state index in [2.05, 4.69) is 44.4 Å². The first kappa shape index (κ1) is 16.7. The number of hydrogen-bond donors (Lipinski definition) is 2. The van der Waals surface area contributed by atoms with E-state index < -0.39 is 0 Å². The molecule has 1 aliphatic carbocycles. The van der Waals surface area contributed by atoms with Crippen LogP contribution >= 0.6 is 12.6 Å². The van der Waals surface area contributed by atoms with E-state index >= 15 is 0 Å². The Morgan fingerprint density at radius 1 is 1.12 bits per heavy atom.